The monoisotopic (exact) mass is 374 g/mol. The number of allylic oxidation sites excluding steroid dienone is 2. The third-order valence-electron chi connectivity index (χ3n) is 4.56. The lowest BCUT2D eigenvalue weighted by molar-refractivity contribution is -0.110. The lowest BCUT2D eigenvalue weighted by Gasteiger charge is -1.92. The van der Waals surface area contributed by atoms with E-state index < -0.39 is 0 Å². The van der Waals surface area contributed by atoms with E-state index in [2.05, 4.69) is 50.2 Å². The maximum Gasteiger partial charge on any atom is 0.178 e. The fraction of sp³-hybridized carbons (Fsp3) is 0.0870. The van der Waals surface area contributed by atoms with Gasteiger partial charge in [0, 0.05) is 19.2 Å². The Morgan fingerprint density at radius 3 is 1.58 bits per heavy atom. The molecule has 0 aliphatic heterocycles. The molecule has 0 unspecified atom stereocenters. The first kappa shape index (κ1) is 17.0. The number of ketones is 1. The smallest absolute Gasteiger partial charge is 0.178 e. The molecule has 0 fully saturated rings. The van der Waals surface area contributed by atoms with Crippen LogP contribution in [-0.4, -0.2) is 5.78 Å². The van der Waals surface area contributed by atoms with Crippen LogP contribution in [0.3, 0.4) is 0 Å². The minimum atomic E-state index is 0.0127. The van der Waals surface area contributed by atoms with Crippen LogP contribution in [-0.2, 0) is 4.79 Å². The van der Waals surface area contributed by atoms with Crippen molar-refractivity contribution in [2.45, 2.75) is 13.8 Å². The summed E-state index contributed by atoms with van der Waals surface area (Å²) in [5.41, 5.74) is 2.47. The summed E-state index contributed by atoms with van der Waals surface area (Å²) < 4.78 is 2.52. The Hall–Kier alpha value is -2.49. The fourth-order valence-electron chi connectivity index (χ4n) is 3.08. The van der Waals surface area contributed by atoms with E-state index in [4.69, 9.17) is 0 Å². The van der Waals surface area contributed by atoms with Crippen molar-refractivity contribution in [3.05, 3.63) is 81.6 Å². The number of carbonyl (C=O) groups excluding carboxylic acids is 1. The number of benzene rings is 2. The Bertz CT molecular complexity index is 1080. The van der Waals surface area contributed by atoms with Crippen LogP contribution >= 0.6 is 22.7 Å². The van der Waals surface area contributed by atoms with Crippen molar-refractivity contribution in [3.8, 4) is 0 Å². The van der Waals surface area contributed by atoms with E-state index in [0.29, 0.717) is 0 Å². The van der Waals surface area contributed by atoms with E-state index >= 15 is 0 Å². The van der Waals surface area contributed by atoms with Gasteiger partial charge in [-0.3, -0.25) is 4.79 Å². The van der Waals surface area contributed by atoms with Crippen LogP contribution in [0.4, 0.5) is 0 Å². The fourth-order valence-corrected chi connectivity index (χ4v) is 5.30. The molecule has 0 radical (unpaired) electrons. The first-order valence-electron chi connectivity index (χ1n) is 8.50. The van der Waals surface area contributed by atoms with Gasteiger partial charge in [0.15, 0.2) is 5.78 Å². The molecule has 4 aromatic rings. The topological polar surface area (TPSA) is 17.1 Å². The molecule has 0 bridgehead atoms. The molecule has 2 aromatic heterocycles. The van der Waals surface area contributed by atoms with E-state index in [1.807, 2.05) is 24.3 Å². The Morgan fingerprint density at radius 2 is 1.15 bits per heavy atom. The summed E-state index contributed by atoms with van der Waals surface area (Å²) in [5, 5.41) is 2.53. The average Bonchev–Trinajstić information content (AvgIpc) is 3.16. The Kier molecular flexibility index (Phi) is 4.58. The minimum absolute atomic E-state index is 0.0127. The maximum atomic E-state index is 12.3. The van der Waals surface area contributed by atoms with Crippen molar-refractivity contribution < 1.29 is 4.79 Å². The number of carbonyl (C=O) groups is 1. The molecule has 2 aromatic carbocycles. The van der Waals surface area contributed by atoms with Crippen LogP contribution in [0.5, 0.6) is 0 Å². The second-order valence-corrected chi connectivity index (χ2v) is 8.41. The number of hydrogen-bond donors (Lipinski definition) is 0. The molecular weight excluding hydrogens is 356 g/mol. The predicted octanol–water partition coefficient (Wildman–Crippen LogP) is 7.03. The van der Waals surface area contributed by atoms with E-state index in [1.54, 1.807) is 34.8 Å². The molecule has 0 saturated heterocycles. The van der Waals surface area contributed by atoms with Crippen molar-refractivity contribution in [3.63, 3.8) is 0 Å². The second-order valence-electron chi connectivity index (χ2n) is 6.24. The Morgan fingerprint density at radius 1 is 0.731 bits per heavy atom. The quantitative estimate of drug-likeness (QED) is 0.350. The molecular formula is C23H18OS2. The molecule has 26 heavy (non-hydrogen) atoms. The largest absolute Gasteiger partial charge is 0.290 e. The summed E-state index contributed by atoms with van der Waals surface area (Å²) in [6.45, 7) is 4.22. The summed E-state index contributed by atoms with van der Waals surface area (Å²) >= 11 is 3.45. The zero-order valence-electron chi connectivity index (χ0n) is 14.7. The van der Waals surface area contributed by atoms with Gasteiger partial charge in [-0.05, 0) is 72.2 Å². The van der Waals surface area contributed by atoms with E-state index in [-0.39, 0.29) is 5.78 Å². The first-order valence-corrected chi connectivity index (χ1v) is 10.1. The lowest BCUT2D eigenvalue weighted by Crippen LogP contribution is -1.84. The molecule has 0 N–H and O–H groups in total. The molecule has 1 nitrogen and oxygen atoms in total. The van der Waals surface area contributed by atoms with Gasteiger partial charge >= 0.3 is 0 Å². The highest BCUT2D eigenvalue weighted by Crippen LogP contribution is 2.32. The van der Waals surface area contributed by atoms with Gasteiger partial charge in [0.05, 0.1) is 0 Å². The second kappa shape index (κ2) is 7.02. The number of aryl methyl sites for hydroxylation is 2. The lowest BCUT2D eigenvalue weighted by atomic mass is 10.1. The number of fused-ring (bicyclic) bond motifs is 2. The van der Waals surface area contributed by atoms with Crippen molar-refractivity contribution in [1.82, 2.24) is 0 Å². The van der Waals surface area contributed by atoms with E-state index in [0.717, 1.165) is 9.75 Å². The molecule has 3 heteroatoms. The molecule has 0 aliphatic carbocycles. The molecule has 0 spiro atoms. The maximum absolute atomic E-state index is 12.3. The summed E-state index contributed by atoms with van der Waals surface area (Å²) in [6.07, 6.45) is 7.20. The van der Waals surface area contributed by atoms with Gasteiger partial charge in [-0.15, -0.1) is 22.7 Å². The molecule has 4 rings (SSSR count). The van der Waals surface area contributed by atoms with Gasteiger partial charge in [0.1, 0.15) is 0 Å². The normalized spacial score (nSPS) is 12.1. The first-order chi connectivity index (χ1) is 12.6. The van der Waals surface area contributed by atoms with Crippen LogP contribution in [0.2, 0.25) is 0 Å². The van der Waals surface area contributed by atoms with Gasteiger partial charge in [0.25, 0.3) is 0 Å². The number of hydrogen-bond acceptors (Lipinski definition) is 3. The molecule has 0 atom stereocenters. The van der Waals surface area contributed by atoms with Crippen molar-refractivity contribution >= 4 is 60.8 Å². The third kappa shape index (κ3) is 3.16. The van der Waals surface area contributed by atoms with Gasteiger partial charge < -0.3 is 0 Å². The molecule has 0 saturated carbocycles. The zero-order chi connectivity index (χ0) is 18.1. The van der Waals surface area contributed by atoms with Crippen molar-refractivity contribution in [2.75, 3.05) is 0 Å². The molecule has 0 aliphatic rings. The van der Waals surface area contributed by atoms with Crippen LogP contribution in [0.15, 0.2) is 60.7 Å². The van der Waals surface area contributed by atoms with Gasteiger partial charge in [-0.2, -0.15) is 0 Å². The van der Waals surface area contributed by atoms with Crippen molar-refractivity contribution in [1.29, 1.82) is 0 Å². The summed E-state index contributed by atoms with van der Waals surface area (Å²) in [6, 6.07) is 16.7. The van der Waals surface area contributed by atoms with Crippen LogP contribution in [0.1, 0.15) is 20.9 Å². The highest BCUT2D eigenvalue weighted by Gasteiger charge is 2.06. The summed E-state index contributed by atoms with van der Waals surface area (Å²) in [5.74, 6) is 0.0127. The van der Waals surface area contributed by atoms with E-state index in [9.17, 15) is 4.79 Å². The van der Waals surface area contributed by atoms with Gasteiger partial charge in [-0.25, -0.2) is 0 Å². The Balaban J connectivity index is 1.55. The Labute approximate surface area is 160 Å². The average molecular weight is 375 g/mol. The van der Waals surface area contributed by atoms with Crippen LogP contribution in [0.25, 0.3) is 32.3 Å². The predicted molar refractivity (Wildman–Crippen MR) is 116 cm³/mol. The molecule has 128 valence electrons. The third-order valence-corrected chi connectivity index (χ3v) is 7.04. The van der Waals surface area contributed by atoms with Crippen LogP contribution in [0, 0.1) is 13.8 Å². The van der Waals surface area contributed by atoms with E-state index in [1.165, 1.54) is 31.3 Å². The molecule has 0 amide bonds. The zero-order valence-corrected chi connectivity index (χ0v) is 16.3. The van der Waals surface area contributed by atoms with Crippen LogP contribution < -0.4 is 0 Å². The van der Waals surface area contributed by atoms with Gasteiger partial charge in [0.2, 0.25) is 0 Å². The number of rotatable bonds is 4. The number of thiophene rings is 2. The minimum Gasteiger partial charge on any atom is -0.290 e. The van der Waals surface area contributed by atoms with Crippen molar-refractivity contribution in [2.24, 2.45) is 0 Å². The standard InChI is InChI=1S/C23H18OS2/c1-15-18-7-3-5-9-22(18)25-20(15)13-11-17(24)12-14-21-16(2)19-8-4-6-10-23(19)26-21/h3-14H,1-2H3/b13-11-,14-12+. The summed E-state index contributed by atoms with van der Waals surface area (Å²) in [4.78, 5) is 14.6. The highest BCUT2D eigenvalue weighted by molar-refractivity contribution is 7.20. The molecule has 2 heterocycles. The highest BCUT2D eigenvalue weighted by atomic mass is 32.1. The SMILES string of the molecule is Cc1c(/C=C\C(=O)/C=C/c2sc3ccccc3c2C)sc2ccccc12. The van der Waals surface area contributed by atoms with Gasteiger partial charge in [-0.1, -0.05) is 36.4 Å². The summed E-state index contributed by atoms with van der Waals surface area (Å²) in [7, 11) is 0.